The van der Waals surface area contributed by atoms with Crippen LogP contribution in [0.2, 0.25) is 0 Å². The zero-order chi connectivity index (χ0) is 14.4. The molecule has 1 unspecified atom stereocenters. The summed E-state index contributed by atoms with van der Waals surface area (Å²) in [6.45, 7) is 1.78. The van der Waals surface area contributed by atoms with E-state index in [-0.39, 0.29) is 0 Å². The topological polar surface area (TPSA) is 29.5 Å². The van der Waals surface area contributed by atoms with Gasteiger partial charge in [-0.15, -0.1) is 11.8 Å². The molecule has 2 aromatic rings. The van der Waals surface area contributed by atoms with Crippen LogP contribution in [0, 0.1) is 0 Å². The molecule has 0 radical (unpaired) electrons. The Bertz CT molecular complexity index is 518. The van der Waals surface area contributed by atoms with Crippen LogP contribution in [-0.4, -0.2) is 18.0 Å². The van der Waals surface area contributed by atoms with E-state index in [1.54, 1.807) is 14.0 Å². The van der Waals surface area contributed by atoms with Crippen LogP contribution < -0.4 is 4.74 Å². The minimum atomic E-state index is -0.395. The second-order valence-electron chi connectivity index (χ2n) is 4.69. The molecular formula is C17H20O2S. The van der Waals surface area contributed by atoms with Gasteiger partial charge in [0.25, 0.3) is 0 Å². The van der Waals surface area contributed by atoms with Crippen LogP contribution in [0.5, 0.6) is 5.75 Å². The van der Waals surface area contributed by atoms with Crippen molar-refractivity contribution in [1.29, 1.82) is 0 Å². The van der Waals surface area contributed by atoms with E-state index in [2.05, 4.69) is 24.3 Å². The number of aliphatic hydroxyl groups excluding tert-OH is 1. The summed E-state index contributed by atoms with van der Waals surface area (Å²) >= 11 is 1.83. The fourth-order valence-corrected chi connectivity index (χ4v) is 2.82. The monoisotopic (exact) mass is 288 g/mol. The lowest BCUT2D eigenvalue weighted by molar-refractivity contribution is 0.199. The molecule has 0 spiro atoms. The highest BCUT2D eigenvalue weighted by Gasteiger charge is 2.01. The number of ether oxygens (including phenoxy) is 1. The molecule has 0 aliphatic carbocycles. The molecule has 0 saturated heterocycles. The molecule has 2 nitrogen and oxygen atoms in total. The van der Waals surface area contributed by atoms with Gasteiger partial charge in [0.05, 0.1) is 13.2 Å². The Morgan fingerprint density at radius 2 is 1.70 bits per heavy atom. The summed E-state index contributed by atoms with van der Waals surface area (Å²) in [5.74, 6) is 1.94. The van der Waals surface area contributed by atoms with E-state index < -0.39 is 6.10 Å². The lowest BCUT2D eigenvalue weighted by Gasteiger charge is -2.06. The summed E-state index contributed by atoms with van der Waals surface area (Å²) in [5, 5.41) is 9.47. The smallest absolute Gasteiger partial charge is 0.118 e. The first kappa shape index (κ1) is 14.9. The molecule has 0 saturated carbocycles. The first-order valence-corrected chi connectivity index (χ1v) is 7.71. The Morgan fingerprint density at radius 3 is 2.25 bits per heavy atom. The Balaban J connectivity index is 1.82. The third-order valence-corrected chi connectivity index (χ3v) is 4.19. The van der Waals surface area contributed by atoms with Gasteiger partial charge in [-0.1, -0.05) is 24.3 Å². The molecule has 0 aliphatic rings. The molecule has 2 aromatic carbocycles. The molecule has 3 heteroatoms. The number of benzene rings is 2. The molecule has 106 valence electrons. The molecule has 2 rings (SSSR count). The molecule has 1 atom stereocenters. The third-order valence-electron chi connectivity index (χ3n) is 3.18. The lowest BCUT2D eigenvalue weighted by atomic mass is 10.1. The van der Waals surface area contributed by atoms with Crippen molar-refractivity contribution in [3.05, 3.63) is 59.7 Å². The quantitative estimate of drug-likeness (QED) is 0.812. The summed E-state index contributed by atoms with van der Waals surface area (Å²) in [4.78, 5) is 1.24. The van der Waals surface area contributed by atoms with Crippen molar-refractivity contribution in [3.8, 4) is 5.75 Å². The number of aryl methyl sites for hydroxylation is 1. The van der Waals surface area contributed by atoms with Gasteiger partial charge in [0.2, 0.25) is 0 Å². The van der Waals surface area contributed by atoms with Crippen LogP contribution in [0.4, 0.5) is 0 Å². The summed E-state index contributed by atoms with van der Waals surface area (Å²) in [6.07, 6.45) is 0.639. The highest BCUT2D eigenvalue weighted by molar-refractivity contribution is 7.99. The second-order valence-corrected chi connectivity index (χ2v) is 5.86. The second kappa shape index (κ2) is 7.36. The average molecular weight is 288 g/mol. The van der Waals surface area contributed by atoms with Crippen LogP contribution in [0.1, 0.15) is 24.2 Å². The molecule has 0 amide bonds. The van der Waals surface area contributed by atoms with Crippen LogP contribution in [-0.2, 0) is 6.42 Å². The van der Waals surface area contributed by atoms with Crippen LogP contribution in [0.15, 0.2) is 53.4 Å². The number of methoxy groups -OCH3 is 1. The standard InChI is InChI=1S/C17H20O2S/c1-13(18)15-5-9-17(10-6-15)20-12-11-14-3-7-16(19-2)8-4-14/h3-10,13,18H,11-12H2,1-2H3. The predicted molar refractivity (Wildman–Crippen MR) is 84.5 cm³/mol. The summed E-state index contributed by atoms with van der Waals surface area (Å²) in [7, 11) is 1.68. The van der Waals surface area contributed by atoms with Crippen molar-refractivity contribution in [1.82, 2.24) is 0 Å². The minimum absolute atomic E-state index is 0.395. The summed E-state index contributed by atoms with van der Waals surface area (Å²) < 4.78 is 5.15. The first-order valence-electron chi connectivity index (χ1n) is 6.73. The van der Waals surface area contributed by atoms with Crippen LogP contribution >= 0.6 is 11.8 Å². The number of thioether (sulfide) groups is 1. The van der Waals surface area contributed by atoms with Crippen molar-refractivity contribution in [2.45, 2.75) is 24.3 Å². The van der Waals surface area contributed by atoms with Gasteiger partial charge in [0.1, 0.15) is 5.75 Å². The highest BCUT2D eigenvalue weighted by atomic mass is 32.2. The van der Waals surface area contributed by atoms with Crippen LogP contribution in [0.3, 0.4) is 0 Å². The van der Waals surface area contributed by atoms with E-state index in [0.717, 1.165) is 23.5 Å². The largest absolute Gasteiger partial charge is 0.497 e. The molecule has 1 N–H and O–H groups in total. The fourth-order valence-electron chi connectivity index (χ4n) is 1.92. The van der Waals surface area contributed by atoms with Crippen molar-refractivity contribution in [2.75, 3.05) is 12.9 Å². The zero-order valence-corrected chi connectivity index (χ0v) is 12.7. The zero-order valence-electron chi connectivity index (χ0n) is 11.9. The molecule has 0 aliphatic heterocycles. The van der Waals surface area contributed by atoms with Gasteiger partial charge >= 0.3 is 0 Å². The van der Waals surface area contributed by atoms with Gasteiger partial charge in [-0.3, -0.25) is 0 Å². The maximum atomic E-state index is 9.47. The average Bonchev–Trinajstić information content (AvgIpc) is 2.48. The predicted octanol–water partition coefficient (Wildman–Crippen LogP) is 4.08. The number of hydrogen-bond acceptors (Lipinski definition) is 3. The van der Waals surface area contributed by atoms with E-state index in [1.165, 1.54) is 10.5 Å². The van der Waals surface area contributed by atoms with Crippen molar-refractivity contribution in [2.24, 2.45) is 0 Å². The molecule has 0 bridgehead atoms. The van der Waals surface area contributed by atoms with Gasteiger partial charge < -0.3 is 9.84 Å². The van der Waals surface area contributed by atoms with Gasteiger partial charge in [-0.05, 0) is 48.7 Å². The van der Waals surface area contributed by atoms with Gasteiger partial charge in [-0.25, -0.2) is 0 Å². The molecule has 0 fully saturated rings. The lowest BCUT2D eigenvalue weighted by Crippen LogP contribution is -1.91. The number of aliphatic hydroxyl groups is 1. The van der Waals surface area contributed by atoms with Gasteiger partial charge in [0, 0.05) is 10.6 Å². The Hall–Kier alpha value is -1.45. The normalized spacial score (nSPS) is 12.2. The molecule has 0 heterocycles. The van der Waals surface area contributed by atoms with Crippen LogP contribution in [0.25, 0.3) is 0 Å². The van der Waals surface area contributed by atoms with E-state index in [4.69, 9.17) is 4.74 Å². The maximum Gasteiger partial charge on any atom is 0.118 e. The Labute approximate surface area is 124 Å². The molecule has 20 heavy (non-hydrogen) atoms. The summed E-state index contributed by atoms with van der Waals surface area (Å²) in [6, 6.07) is 16.3. The Kier molecular flexibility index (Phi) is 5.50. The Morgan fingerprint density at radius 1 is 1.05 bits per heavy atom. The van der Waals surface area contributed by atoms with Crippen molar-refractivity contribution in [3.63, 3.8) is 0 Å². The minimum Gasteiger partial charge on any atom is -0.497 e. The first-order chi connectivity index (χ1) is 9.69. The van der Waals surface area contributed by atoms with Gasteiger partial charge in [-0.2, -0.15) is 0 Å². The maximum absolute atomic E-state index is 9.47. The number of hydrogen-bond donors (Lipinski definition) is 1. The van der Waals surface area contributed by atoms with Gasteiger partial charge in [0.15, 0.2) is 0 Å². The highest BCUT2D eigenvalue weighted by Crippen LogP contribution is 2.22. The number of rotatable bonds is 6. The SMILES string of the molecule is COc1ccc(CCSc2ccc(C(C)O)cc2)cc1. The van der Waals surface area contributed by atoms with E-state index in [1.807, 2.05) is 36.0 Å². The molecular weight excluding hydrogens is 268 g/mol. The molecule has 0 aromatic heterocycles. The van der Waals surface area contributed by atoms with E-state index in [0.29, 0.717) is 0 Å². The third kappa shape index (κ3) is 4.29. The van der Waals surface area contributed by atoms with Crippen molar-refractivity contribution >= 4 is 11.8 Å². The van der Waals surface area contributed by atoms with Crippen molar-refractivity contribution < 1.29 is 9.84 Å². The fraction of sp³-hybridized carbons (Fsp3) is 0.294. The van der Waals surface area contributed by atoms with E-state index in [9.17, 15) is 5.11 Å². The summed E-state index contributed by atoms with van der Waals surface area (Å²) in [5.41, 5.74) is 2.28. The van der Waals surface area contributed by atoms with E-state index >= 15 is 0 Å².